The molecule has 100 valence electrons. The van der Waals surface area contributed by atoms with Gasteiger partial charge in [-0.05, 0) is 44.7 Å². The van der Waals surface area contributed by atoms with Gasteiger partial charge >= 0.3 is 0 Å². The van der Waals surface area contributed by atoms with Crippen molar-refractivity contribution in [2.24, 2.45) is 11.7 Å². The highest BCUT2D eigenvalue weighted by atomic mass is 79.9. The number of imidazole rings is 1. The van der Waals surface area contributed by atoms with E-state index in [1.165, 1.54) is 12.8 Å². The second-order valence-corrected chi connectivity index (χ2v) is 6.54. The summed E-state index contributed by atoms with van der Waals surface area (Å²) in [5.41, 5.74) is 9.27. The number of nitrogens with zero attached hydrogens (tertiary/aromatic N) is 1. The number of benzene rings is 1. The summed E-state index contributed by atoms with van der Waals surface area (Å²) >= 11 is 3.50. The maximum absolute atomic E-state index is 6.43. The van der Waals surface area contributed by atoms with Gasteiger partial charge < -0.3 is 10.7 Å². The topological polar surface area (TPSA) is 54.7 Å². The quantitative estimate of drug-likeness (QED) is 0.905. The maximum Gasteiger partial charge on any atom is 0.127 e. The minimum atomic E-state index is -0.338. The Labute approximate surface area is 121 Å². The molecule has 4 heteroatoms. The number of rotatable bonds is 3. The standard InChI is InChI=1S/C15H18BrN3/c1-9-13(10-4-3-5-12(16)8-10)19-14(18-9)15(2,17)11-6-7-11/h3-5,8,11H,6-7,17H2,1-2H3,(H,18,19). The Hall–Kier alpha value is -1.13. The van der Waals surface area contributed by atoms with E-state index in [4.69, 9.17) is 10.7 Å². The Kier molecular flexibility index (Phi) is 3.02. The second kappa shape index (κ2) is 4.46. The molecular weight excluding hydrogens is 302 g/mol. The Bertz CT molecular complexity index is 612. The van der Waals surface area contributed by atoms with Gasteiger partial charge in [-0.25, -0.2) is 4.98 Å². The molecule has 1 saturated carbocycles. The largest absolute Gasteiger partial charge is 0.344 e. The summed E-state index contributed by atoms with van der Waals surface area (Å²) in [5.74, 6) is 1.47. The fraction of sp³-hybridized carbons (Fsp3) is 0.400. The van der Waals surface area contributed by atoms with Crippen LogP contribution in [0.2, 0.25) is 0 Å². The van der Waals surface area contributed by atoms with Crippen LogP contribution >= 0.6 is 15.9 Å². The van der Waals surface area contributed by atoms with Crippen LogP contribution in [0, 0.1) is 12.8 Å². The van der Waals surface area contributed by atoms with Gasteiger partial charge in [-0.15, -0.1) is 0 Å². The molecule has 0 radical (unpaired) electrons. The van der Waals surface area contributed by atoms with Crippen molar-refractivity contribution in [1.82, 2.24) is 9.97 Å². The molecule has 1 aromatic carbocycles. The van der Waals surface area contributed by atoms with Crippen LogP contribution in [-0.4, -0.2) is 9.97 Å². The van der Waals surface area contributed by atoms with Crippen LogP contribution in [0.4, 0.5) is 0 Å². The van der Waals surface area contributed by atoms with Crippen LogP contribution in [-0.2, 0) is 5.54 Å². The number of nitrogens with one attached hydrogen (secondary N) is 1. The van der Waals surface area contributed by atoms with E-state index in [1.54, 1.807) is 0 Å². The minimum Gasteiger partial charge on any atom is -0.344 e. The molecule has 0 spiro atoms. The number of hydrogen-bond acceptors (Lipinski definition) is 2. The van der Waals surface area contributed by atoms with Crippen molar-refractivity contribution >= 4 is 15.9 Å². The van der Waals surface area contributed by atoms with E-state index >= 15 is 0 Å². The molecule has 1 atom stereocenters. The van der Waals surface area contributed by atoms with Gasteiger partial charge in [-0.2, -0.15) is 0 Å². The number of halogens is 1. The summed E-state index contributed by atoms with van der Waals surface area (Å²) < 4.78 is 1.06. The fourth-order valence-corrected chi connectivity index (χ4v) is 2.91. The number of aromatic amines is 1. The molecule has 19 heavy (non-hydrogen) atoms. The molecule has 1 aromatic heterocycles. The summed E-state index contributed by atoms with van der Waals surface area (Å²) in [6, 6.07) is 8.19. The highest BCUT2D eigenvalue weighted by Crippen LogP contribution is 2.43. The van der Waals surface area contributed by atoms with E-state index in [-0.39, 0.29) is 5.54 Å². The minimum absolute atomic E-state index is 0.338. The number of nitrogens with two attached hydrogens (primary N) is 1. The van der Waals surface area contributed by atoms with Crippen LogP contribution in [0.3, 0.4) is 0 Å². The molecule has 0 saturated heterocycles. The lowest BCUT2D eigenvalue weighted by atomic mass is 9.97. The molecular formula is C15H18BrN3. The van der Waals surface area contributed by atoms with Gasteiger partial charge in [0.05, 0.1) is 11.2 Å². The molecule has 1 aliphatic rings. The zero-order valence-electron chi connectivity index (χ0n) is 11.2. The molecule has 3 nitrogen and oxygen atoms in total. The van der Waals surface area contributed by atoms with Crippen molar-refractivity contribution in [3.05, 3.63) is 40.3 Å². The normalized spacial score (nSPS) is 18.3. The molecule has 1 aliphatic carbocycles. The predicted octanol–water partition coefficient (Wildman–Crippen LogP) is 3.73. The van der Waals surface area contributed by atoms with Crippen molar-refractivity contribution in [2.75, 3.05) is 0 Å². The molecule has 0 amide bonds. The second-order valence-electron chi connectivity index (χ2n) is 5.63. The zero-order valence-corrected chi connectivity index (χ0v) is 12.8. The molecule has 1 fully saturated rings. The maximum atomic E-state index is 6.43. The third kappa shape index (κ3) is 2.35. The third-order valence-electron chi connectivity index (χ3n) is 3.92. The summed E-state index contributed by atoms with van der Waals surface area (Å²) in [4.78, 5) is 8.13. The molecule has 0 bridgehead atoms. The predicted molar refractivity (Wildman–Crippen MR) is 80.7 cm³/mol. The van der Waals surface area contributed by atoms with Gasteiger partial charge in [0.2, 0.25) is 0 Å². The molecule has 3 N–H and O–H groups in total. The highest BCUT2D eigenvalue weighted by molar-refractivity contribution is 9.10. The van der Waals surface area contributed by atoms with Crippen LogP contribution < -0.4 is 5.73 Å². The van der Waals surface area contributed by atoms with Crippen LogP contribution in [0.1, 0.15) is 31.3 Å². The van der Waals surface area contributed by atoms with Gasteiger partial charge in [0.25, 0.3) is 0 Å². The lowest BCUT2D eigenvalue weighted by Gasteiger charge is -2.21. The molecule has 2 aromatic rings. The lowest BCUT2D eigenvalue weighted by Crippen LogP contribution is -2.36. The lowest BCUT2D eigenvalue weighted by molar-refractivity contribution is 0.404. The smallest absolute Gasteiger partial charge is 0.127 e. The number of aryl methyl sites for hydroxylation is 1. The first kappa shape index (κ1) is 12.9. The first-order chi connectivity index (χ1) is 8.98. The van der Waals surface area contributed by atoms with Crippen molar-refractivity contribution in [2.45, 2.75) is 32.2 Å². The number of aromatic nitrogens is 2. The van der Waals surface area contributed by atoms with E-state index in [1.807, 2.05) is 12.1 Å². The summed E-state index contributed by atoms with van der Waals surface area (Å²) in [6.45, 7) is 4.13. The Morgan fingerprint density at radius 3 is 2.79 bits per heavy atom. The first-order valence-corrected chi connectivity index (χ1v) is 7.39. The SMILES string of the molecule is Cc1[nH]c(C(C)(N)C2CC2)nc1-c1cccc(Br)c1. The Morgan fingerprint density at radius 1 is 1.42 bits per heavy atom. The van der Waals surface area contributed by atoms with Crippen molar-refractivity contribution in [3.8, 4) is 11.3 Å². The summed E-state index contributed by atoms with van der Waals surface area (Å²) in [6.07, 6.45) is 2.41. The fourth-order valence-electron chi connectivity index (χ4n) is 2.51. The van der Waals surface area contributed by atoms with E-state index in [0.29, 0.717) is 5.92 Å². The Morgan fingerprint density at radius 2 is 2.16 bits per heavy atom. The molecule has 1 unspecified atom stereocenters. The van der Waals surface area contributed by atoms with Crippen LogP contribution in [0.15, 0.2) is 28.7 Å². The van der Waals surface area contributed by atoms with E-state index in [2.05, 4.69) is 46.9 Å². The number of H-pyrrole nitrogens is 1. The van der Waals surface area contributed by atoms with E-state index in [9.17, 15) is 0 Å². The van der Waals surface area contributed by atoms with Crippen molar-refractivity contribution < 1.29 is 0 Å². The van der Waals surface area contributed by atoms with Crippen LogP contribution in [0.5, 0.6) is 0 Å². The zero-order chi connectivity index (χ0) is 13.6. The molecule has 1 heterocycles. The van der Waals surface area contributed by atoms with Crippen LogP contribution in [0.25, 0.3) is 11.3 Å². The van der Waals surface area contributed by atoms with Gasteiger partial charge in [0.1, 0.15) is 5.82 Å². The molecule has 3 rings (SSSR count). The number of hydrogen-bond donors (Lipinski definition) is 2. The van der Waals surface area contributed by atoms with E-state index in [0.717, 1.165) is 27.2 Å². The van der Waals surface area contributed by atoms with Gasteiger partial charge in [0.15, 0.2) is 0 Å². The summed E-state index contributed by atoms with van der Waals surface area (Å²) in [5, 5.41) is 0. The summed E-state index contributed by atoms with van der Waals surface area (Å²) in [7, 11) is 0. The third-order valence-corrected chi connectivity index (χ3v) is 4.41. The molecule has 0 aliphatic heterocycles. The first-order valence-electron chi connectivity index (χ1n) is 6.60. The Balaban J connectivity index is 2.02. The van der Waals surface area contributed by atoms with Gasteiger partial charge in [-0.3, -0.25) is 0 Å². The highest BCUT2D eigenvalue weighted by Gasteiger charge is 2.42. The van der Waals surface area contributed by atoms with Gasteiger partial charge in [-0.1, -0.05) is 28.1 Å². The van der Waals surface area contributed by atoms with Crippen molar-refractivity contribution in [1.29, 1.82) is 0 Å². The average molecular weight is 320 g/mol. The van der Waals surface area contributed by atoms with E-state index < -0.39 is 0 Å². The van der Waals surface area contributed by atoms with Gasteiger partial charge in [0, 0.05) is 15.7 Å². The average Bonchev–Trinajstić information content (AvgIpc) is 3.13. The monoisotopic (exact) mass is 319 g/mol. The van der Waals surface area contributed by atoms with Crippen molar-refractivity contribution in [3.63, 3.8) is 0 Å².